The van der Waals surface area contributed by atoms with E-state index in [2.05, 4.69) is 36.1 Å². The maximum Gasteiger partial charge on any atom is 0.268 e. The standard InChI is InChI=1S/C18H21ClFN3O/c1-8-11-4-10(7-18(11,2)3)14(8)22-17(24)13-6-9-5-12(19)15(20)23-16(9)21-13/h5-6,8,10-11,14H,4,7H2,1-3H3,(H,21,23)(H,22,24)/t8-,10?,11-,14+/m0/s1. The van der Waals surface area contributed by atoms with Gasteiger partial charge in [0.25, 0.3) is 5.91 Å². The van der Waals surface area contributed by atoms with Gasteiger partial charge in [0.2, 0.25) is 5.95 Å². The molecule has 2 bridgehead atoms. The Labute approximate surface area is 145 Å². The quantitative estimate of drug-likeness (QED) is 0.800. The number of fused-ring (bicyclic) bond motifs is 3. The Morgan fingerprint density at radius 1 is 1.46 bits per heavy atom. The van der Waals surface area contributed by atoms with Gasteiger partial charge in [0.1, 0.15) is 11.3 Å². The van der Waals surface area contributed by atoms with Gasteiger partial charge in [0.15, 0.2) is 0 Å². The fourth-order valence-electron chi connectivity index (χ4n) is 5.05. The summed E-state index contributed by atoms with van der Waals surface area (Å²) in [6.45, 7) is 6.89. The summed E-state index contributed by atoms with van der Waals surface area (Å²) in [6, 6.07) is 3.36. The molecular formula is C18H21ClFN3O. The number of carbonyl (C=O) groups excluding carboxylic acids is 1. The number of amides is 1. The lowest BCUT2D eigenvalue weighted by Gasteiger charge is -2.39. The number of nitrogens with one attached hydrogen (secondary N) is 2. The highest BCUT2D eigenvalue weighted by Gasteiger charge is 2.54. The summed E-state index contributed by atoms with van der Waals surface area (Å²) in [6.07, 6.45) is 2.34. The molecule has 2 saturated carbocycles. The van der Waals surface area contributed by atoms with Crippen molar-refractivity contribution in [3.63, 3.8) is 0 Å². The third-order valence-corrected chi connectivity index (χ3v) is 6.38. The number of halogens is 2. The zero-order chi connectivity index (χ0) is 17.2. The third kappa shape index (κ3) is 2.32. The predicted octanol–water partition coefficient (Wildman–Crippen LogP) is 4.16. The Bertz CT molecular complexity index is 790. The van der Waals surface area contributed by atoms with Crippen LogP contribution in [0.3, 0.4) is 0 Å². The molecule has 24 heavy (non-hydrogen) atoms. The molecular weight excluding hydrogens is 329 g/mol. The summed E-state index contributed by atoms with van der Waals surface area (Å²) >= 11 is 5.75. The van der Waals surface area contributed by atoms with Crippen molar-refractivity contribution in [1.82, 2.24) is 15.3 Å². The van der Waals surface area contributed by atoms with Gasteiger partial charge in [-0.2, -0.15) is 4.39 Å². The Hall–Kier alpha value is -1.62. The number of nitrogens with zero attached hydrogens (tertiary/aromatic N) is 1. The molecule has 1 unspecified atom stereocenters. The summed E-state index contributed by atoms with van der Waals surface area (Å²) < 4.78 is 13.4. The minimum atomic E-state index is -0.734. The van der Waals surface area contributed by atoms with E-state index in [1.54, 1.807) is 6.07 Å². The average Bonchev–Trinajstić information content (AvgIpc) is 3.12. The number of hydrogen-bond acceptors (Lipinski definition) is 2. The Kier molecular flexibility index (Phi) is 3.43. The summed E-state index contributed by atoms with van der Waals surface area (Å²) in [5.74, 6) is 0.772. The maximum atomic E-state index is 13.4. The first-order valence-corrected chi connectivity index (χ1v) is 8.79. The lowest BCUT2D eigenvalue weighted by Crippen LogP contribution is -2.46. The van der Waals surface area contributed by atoms with Crippen LogP contribution in [0.2, 0.25) is 5.02 Å². The van der Waals surface area contributed by atoms with E-state index in [4.69, 9.17) is 11.6 Å². The molecule has 2 aromatic heterocycles. The SMILES string of the molecule is C[C@@H]1[C@@H](NC(=O)c2cc3cc(Cl)c(F)nc3[nH]2)C2C[C@@H]1C(C)(C)C2. The van der Waals surface area contributed by atoms with Crippen LogP contribution in [0.4, 0.5) is 4.39 Å². The van der Waals surface area contributed by atoms with Crippen molar-refractivity contribution in [2.75, 3.05) is 0 Å². The molecule has 2 aliphatic carbocycles. The zero-order valence-corrected chi connectivity index (χ0v) is 14.7. The van der Waals surface area contributed by atoms with Crippen LogP contribution in [0.15, 0.2) is 12.1 Å². The van der Waals surface area contributed by atoms with E-state index in [0.717, 1.165) is 6.42 Å². The topological polar surface area (TPSA) is 57.8 Å². The van der Waals surface area contributed by atoms with Crippen LogP contribution in [-0.4, -0.2) is 21.9 Å². The first-order valence-electron chi connectivity index (χ1n) is 8.42. The number of H-pyrrole nitrogens is 1. The van der Waals surface area contributed by atoms with Gasteiger partial charge in [-0.25, -0.2) is 4.98 Å². The molecule has 2 fully saturated rings. The number of rotatable bonds is 2. The highest BCUT2D eigenvalue weighted by molar-refractivity contribution is 6.31. The Morgan fingerprint density at radius 2 is 2.21 bits per heavy atom. The van der Waals surface area contributed by atoms with E-state index >= 15 is 0 Å². The molecule has 4 atom stereocenters. The van der Waals surface area contributed by atoms with E-state index in [9.17, 15) is 9.18 Å². The molecule has 0 aromatic carbocycles. The summed E-state index contributed by atoms with van der Waals surface area (Å²) in [5.41, 5.74) is 1.10. The highest BCUT2D eigenvalue weighted by Crippen LogP contribution is 2.58. The smallest absolute Gasteiger partial charge is 0.268 e. The summed E-state index contributed by atoms with van der Waals surface area (Å²) in [7, 11) is 0. The Morgan fingerprint density at radius 3 is 2.88 bits per heavy atom. The van der Waals surface area contributed by atoms with Crippen molar-refractivity contribution in [3.8, 4) is 0 Å². The van der Waals surface area contributed by atoms with E-state index in [-0.39, 0.29) is 17.0 Å². The van der Waals surface area contributed by atoms with Gasteiger partial charge in [-0.05, 0) is 48.1 Å². The molecule has 2 N–H and O–H groups in total. The van der Waals surface area contributed by atoms with Crippen molar-refractivity contribution in [2.45, 2.75) is 39.7 Å². The maximum absolute atomic E-state index is 13.4. The normalized spacial score (nSPS) is 30.9. The number of aromatic nitrogens is 2. The fraction of sp³-hybridized carbons (Fsp3) is 0.556. The van der Waals surface area contributed by atoms with E-state index < -0.39 is 5.95 Å². The second-order valence-corrected chi connectivity index (χ2v) is 8.44. The molecule has 4 nitrogen and oxygen atoms in total. The van der Waals surface area contributed by atoms with Gasteiger partial charge in [0.05, 0.1) is 5.02 Å². The van der Waals surface area contributed by atoms with Crippen molar-refractivity contribution < 1.29 is 9.18 Å². The highest BCUT2D eigenvalue weighted by atomic mass is 35.5. The second kappa shape index (κ2) is 5.19. The minimum Gasteiger partial charge on any atom is -0.347 e. The van der Waals surface area contributed by atoms with Gasteiger partial charge < -0.3 is 10.3 Å². The van der Waals surface area contributed by atoms with Gasteiger partial charge in [-0.1, -0.05) is 32.4 Å². The van der Waals surface area contributed by atoms with Crippen LogP contribution in [0.1, 0.15) is 44.1 Å². The number of carbonyl (C=O) groups is 1. The molecule has 2 aliphatic rings. The molecule has 0 aliphatic heterocycles. The van der Waals surface area contributed by atoms with Crippen LogP contribution in [0, 0.1) is 29.1 Å². The third-order valence-electron chi connectivity index (χ3n) is 6.12. The zero-order valence-electron chi connectivity index (χ0n) is 14.0. The average molecular weight is 350 g/mol. The molecule has 0 spiro atoms. The van der Waals surface area contributed by atoms with Crippen molar-refractivity contribution in [1.29, 1.82) is 0 Å². The first-order chi connectivity index (χ1) is 11.3. The van der Waals surface area contributed by atoms with E-state index in [1.807, 2.05) is 0 Å². The van der Waals surface area contributed by atoms with E-state index in [1.165, 1.54) is 12.5 Å². The molecule has 1 amide bonds. The van der Waals surface area contributed by atoms with Gasteiger partial charge in [-0.3, -0.25) is 4.79 Å². The fourth-order valence-corrected chi connectivity index (χ4v) is 5.21. The van der Waals surface area contributed by atoms with Crippen LogP contribution >= 0.6 is 11.6 Å². The minimum absolute atomic E-state index is 0.0441. The molecule has 6 heteroatoms. The predicted molar refractivity (Wildman–Crippen MR) is 91.5 cm³/mol. The second-order valence-electron chi connectivity index (χ2n) is 8.04. The molecule has 0 saturated heterocycles. The summed E-state index contributed by atoms with van der Waals surface area (Å²) in [4.78, 5) is 19.3. The molecule has 0 radical (unpaired) electrons. The molecule has 128 valence electrons. The first kappa shape index (κ1) is 15.9. The van der Waals surface area contributed by atoms with Crippen molar-refractivity contribution in [2.24, 2.45) is 23.2 Å². The van der Waals surface area contributed by atoms with Crippen molar-refractivity contribution in [3.05, 3.63) is 28.8 Å². The van der Waals surface area contributed by atoms with Gasteiger partial charge in [-0.15, -0.1) is 0 Å². The van der Waals surface area contributed by atoms with E-state index in [0.29, 0.717) is 39.9 Å². The number of pyridine rings is 1. The lowest BCUT2D eigenvalue weighted by atomic mass is 9.70. The van der Waals surface area contributed by atoms with Crippen LogP contribution in [0.5, 0.6) is 0 Å². The largest absolute Gasteiger partial charge is 0.347 e. The monoisotopic (exact) mass is 349 g/mol. The molecule has 2 heterocycles. The van der Waals surface area contributed by atoms with Gasteiger partial charge in [0, 0.05) is 11.4 Å². The van der Waals surface area contributed by atoms with Crippen LogP contribution < -0.4 is 5.32 Å². The number of aromatic amines is 1. The van der Waals surface area contributed by atoms with Crippen LogP contribution in [0.25, 0.3) is 11.0 Å². The van der Waals surface area contributed by atoms with Crippen LogP contribution in [-0.2, 0) is 0 Å². The van der Waals surface area contributed by atoms with Gasteiger partial charge >= 0.3 is 0 Å². The number of hydrogen-bond donors (Lipinski definition) is 2. The lowest BCUT2D eigenvalue weighted by molar-refractivity contribution is 0.0832. The summed E-state index contributed by atoms with van der Waals surface area (Å²) in [5, 5.41) is 3.77. The Balaban J connectivity index is 1.55. The van der Waals surface area contributed by atoms with Crippen molar-refractivity contribution >= 4 is 28.5 Å². The molecule has 2 aromatic rings. The molecule has 4 rings (SSSR count).